The van der Waals surface area contributed by atoms with Crippen LogP contribution >= 0.6 is 11.6 Å². The highest BCUT2D eigenvalue weighted by Gasteiger charge is 2.08. The Kier molecular flexibility index (Phi) is 4.02. The summed E-state index contributed by atoms with van der Waals surface area (Å²) in [6, 6.07) is 12.4. The van der Waals surface area contributed by atoms with Crippen molar-refractivity contribution in [3.8, 4) is 0 Å². The minimum absolute atomic E-state index is 0.0849. The van der Waals surface area contributed by atoms with Crippen LogP contribution in [0.4, 0.5) is 11.4 Å². The molecule has 2 rings (SSSR count). The number of nitro benzene ring substituents is 1. The lowest BCUT2D eigenvalue weighted by Gasteiger charge is -2.08. The molecule has 0 heterocycles. The minimum Gasteiger partial charge on any atom is -0.381 e. The van der Waals surface area contributed by atoms with Gasteiger partial charge in [-0.2, -0.15) is 0 Å². The minimum atomic E-state index is -0.395. The highest BCUT2D eigenvalue weighted by atomic mass is 35.5. The number of nitro groups is 1. The van der Waals surface area contributed by atoms with Crippen LogP contribution in [0.2, 0.25) is 5.02 Å². The third kappa shape index (κ3) is 3.45. The summed E-state index contributed by atoms with van der Waals surface area (Å²) in [7, 11) is 0. The molecule has 0 amide bonds. The predicted molar refractivity (Wildman–Crippen MR) is 76.6 cm³/mol. The van der Waals surface area contributed by atoms with E-state index >= 15 is 0 Å². The summed E-state index contributed by atoms with van der Waals surface area (Å²) in [5.74, 6) is 0. The number of hydrogen-bond donors (Lipinski definition) is 1. The van der Waals surface area contributed by atoms with Gasteiger partial charge in [-0.05, 0) is 30.2 Å². The third-order valence-corrected chi connectivity index (χ3v) is 3.08. The summed E-state index contributed by atoms with van der Waals surface area (Å²) >= 11 is 6.06. The number of anilines is 1. The molecule has 0 saturated carbocycles. The van der Waals surface area contributed by atoms with Crippen molar-refractivity contribution in [2.24, 2.45) is 0 Å². The van der Waals surface area contributed by atoms with Crippen LogP contribution in [0.3, 0.4) is 0 Å². The summed E-state index contributed by atoms with van der Waals surface area (Å²) < 4.78 is 0. The zero-order chi connectivity index (χ0) is 13.8. The molecular weight excluding hydrogens is 264 g/mol. The van der Waals surface area contributed by atoms with Crippen molar-refractivity contribution in [3.63, 3.8) is 0 Å². The maximum atomic E-state index is 10.8. The van der Waals surface area contributed by atoms with E-state index in [1.807, 2.05) is 37.3 Å². The molecule has 4 nitrogen and oxygen atoms in total. The van der Waals surface area contributed by atoms with Crippen molar-refractivity contribution in [2.75, 3.05) is 5.32 Å². The first kappa shape index (κ1) is 13.4. The van der Waals surface area contributed by atoms with Gasteiger partial charge in [-0.1, -0.05) is 29.8 Å². The number of nitrogens with zero attached hydrogens (tertiary/aromatic N) is 1. The molecule has 0 aliphatic rings. The number of aryl methyl sites for hydroxylation is 1. The van der Waals surface area contributed by atoms with Gasteiger partial charge in [-0.3, -0.25) is 10.1 Å². The van der Waals surface area contributed by atoms with E-state index in [0.29, 0.717) is 17.3 Å². The summed E-state index contributed by atoms with van der Waals surface area (Å²) in [6.07, 6.45) is 0. The van der Waals surface area contributed by atoms with Crippen LogP contribution in [-0.4, -0.2) is 4.92 Å². The SMILES string of the molecule is Cc1cc(NCc2ccccc2Cl)cc([N+](=O)[O-])c1. The van der Waals surface area contributed by atoms with E-state index < -0.39 is 4.92 Å². The van der Waals surface area contributed by atoms with Gasteiger partial charge in [0.1, 0.15) is 0 Å². The first-order valence-electron chi connectivity index (χ1n) is 5.79. The lowest BCUT2D eigenvalue weighted by molar-refractivity contribution is -0.384. The molecule has 0 fully saturated rings. The molecule has 98 valence electrons. The van der Waals surface area contributed by atoms with E-state index in [1.165, 1.54) is 6.07 Å². The maximum Gasteiger partial charge on any atom is 0.271 e. The Morgan fingerprint density at radius 2 is 2.00 bits per heavy atom. The fraction of sp³-hybridized carbons (Fsp3) is 0.143. The summed E-state index contributed by atoms with van der Waals surface area (Å²) in [4.78, 5) is 10.4. The number of benzene rings is 2. The predicted octanol–water partition coefficient (Wildman–Crippen LogP) is 4.17. The Labute approximate surface area is 116 Å². The normalized spacial score (nSPS) is 10.2. The fourth-order valence-corrected chi connectivity index (χ4v) is 2.01. The van der Waals surface area contributed by atoms with Gasteiger partial charge in [0.25, 0.3) is 5.69 Å². The molecule has 0 aliphatic carbocycles. The van der Waals surface area contributed by atoms with E-state index in [4.69, 9.17) is 11.6 Å². The van der Waals surface area contributed by atoms with Crippen molar-refractivity contribution >= 4 is 23.0 Å². The second kappa shape index (κ2) is 5.71. The molecule has 2 aromatic rings. The van der Waals surface area contributed by atoms with Crippen molar-refractivity contribution < 1.29 is 4.92 Å². The largest absolute Gasteiger partial charge is 0.381 e. The molecule has 0 radical (unpaired) electrons. The van der Waals surface area contributed by atoms with Crippen molar-refractivity contribution in [3.05, 3.63) is 68.7 Å². The van der Waals surface area contributed by atoms with Crippen LogP contribution in [0.15, 0.2) is 42.5 Å². The van der Waals surface area contributed by atoms with E-state index in [1.54, 1.807) is 6.07 Å². The van der Waals surface area contributed by atoms with Crippen LogP contribution in [0, 0.1) is 17.0 Å². The molecule has 5 heteroatoms. The van der Waals surface area contributed by atoms with Crippen LogP contribution < -0.4 is 5.32 Å². The molecule has 0 spiro atoms. The number of hydrogen-bond acceptors (Lipinski definition) is 3. The Hall–Kier alpha value is -2.07. The molecular formula is C14H13ClN2O2. The molecule has 0 saturated heterocycles. The van der Waals surface area contributed by atoms with Gasteiger partial charge in [-0.15, -0.1) is 0 Å². The average Bonchev–Trinajstić information content (AvgIpc) is 2.37. The van der Waals surface area contributed by atoms with E-state index in [9.17, 15) is 10.1 Å². The third-order valence-electron chi connectivity index (χ3n) is 2.71. The van der Waals surface area contributed by atoms with Gasteiger partial charge in [0.15, 0.2) is 0 Å². The van der Waals surface area contributed by atoms with Crippen LogP contribution in [0.5, 0.6) is 0 Å². The highest BCUT2D eigenvalue weighted by Crippen LogP contribution is 2.22. The monoisotopic (exact) mass is 276 g/mol. The number of rotatable bonds is 4. The summed E-state index contributed by atoms with van der Waals surface area (Å²) in [5, 5.41) is 14.6. The molecule has 0 bridgehead atoms. The molecule has 0 atom stereocenters. The fourth-order valence-electron chi connectivity index (χ4n) is 1.81. The Balaban J connectivity index is 2.16. The first-order chi connectivity index (χ1) is 9.06. The Bertz CT molecular complexity index is 614. The van der Waals surface area contributed by atoms with Gasteiger partial charge in [0, 0.05) is 29.4 Å². The molecule has 0 aliphatic heterocycles. The maximum absolute atomic E-state index is 10.8. The first-order valence-corrected chi connectivity index (χ1v) is 6.17. The second-order valence-electron chi connectivity index (χ2n) is 4.26. The van der Waals surface area contributed by atoms with Crippen LogP contribution in [0.25, 0.3) is 0 Å². The topological polar surface area (TPSA) is 55.2 Å². The van der Waals surface area contributed by atoms with Gasteiger partial charge in [0.05, 0.1) is 4.92 Å². The van der Waals surface area contributed by atoms with E-state index in [2.05, 4.69) is 5.32 Å². The lowest BCUT2D eigenvalue weighted by Crippen LogP contribution is -2.01. The van der Waals surface area contributed by atoms with Crippen LogP contribution in [-0.2, 0) is 6.54 Å². The molecule has 19 heavy (non-hydrogen) atoms. The van der Waals surface area contributed by atoms with Gasteiger partial charge in [-0.25, -0.2) is 0 Å². The molecule has 1 N–H and O–H groups in total. The standard InChI is InChI=1S/C14H13ClN2O2/c1-10-6-12(8-13(7-10)17(18)19)16-9-11-4-2-3-5-14(11)15/h2-8,16H,9H2,1H3. The summed E-state index contributed by atoms with van der Waals surface area (Å²) in [6.45, 7) is 2.36. The molecule has 0 aromatic heterocycles. The van der Waals surface area contributed by atoms with E-state index in [-0.39, 0.29) is 5.69 Å². The van der Waals surface area contributed by atoms with Crippen molar-refractivity contribution in [2.45, 2.75) is 13.5 Å². The lowest BCUT2D eigenvalue weighted by atomic mass is 10.1. The zero-order valence-corrected chi connectivity index (χ0v) is 11.1. The quantitative estimate of drug-likeness (QED) is 0.673. The number of non-ortho nitro benzene ring substituents is 1. The van der Waals surface area contributed by atoms with Gasteiger partial charge < -0.3 is 5.32 Å². The van der Waals surface area contributed by atoms with Gasteiger partial charge >= 0.3 is 0 Å². The van der Waals surface area contributed by atoms with Gasteiger partial charge in [0.2, 0.25) is 0 Å². The van der Waals surface area contributed by atoms with Crippen molar-refractivity contribution in [1.29, 1.82) is 0 Å². The Morgan fingerprint density at radius 3 is 2.68 bits per heavy atom. The summed E-state index contributed by atoms with van der Waals surface area (Å²) in [5.41, 5.74) is 2.59. The number of nitrogens with one attached hydrogen (secondary N) is 1. The van der Waals surface area contributed by atoms with Crippen LogP contribution in [0.1, 0.15) is 11.1 Å². The van der Waals surface area contributed by atoms with E-state index in [0.717, 1.165) is 11.1 Å². The average molecular weight is 277 g/mol. The number of halogens is 1. The van der Waals surface area contributed by atoms with Crippen molar-refractivity contribution in [1.82, 2.24) is 0 Å². The Morgan fingerprint density at radius 1 is 1.26 bits per heavy atom. The highest BCUT2D eigenvalue weighted by molar-refractivity contribution is 6.31. The molecule has 2 aromatic carbocycles. The smallest absolute Gasteiger partial charge is 0.271 e. The molecule has 0 unspecified atom stereocenters. The second-order valence-corrected chi connectivity index (χ2v) is 4.67. The zero-order valence-electron chi connectivity index (χ0n) is 10.4.